The lowest BCUT2D eigenvalue weighted by Crippen LogP contribution is -2.29. The van der Waals surface area contributed by atoms with Crippen molar-refractivity contribution in [3.8, 4) is 11.1 Å². The van der Waals surface area contributed by atoms with Crippen molar-refractivity contribution < 1.29 is 14.7 Å². The van der Waals surface area contributed by atoms with Gasteiger partial charge in [-0.2, -0.15) is 0 Å². The molecule has 1 aliphatic rings. The fraction of sp³-hybridized carbons (Fsp3) is 0.414. The molecule has 3 aromatic rings. The van der Waals surface area contributed by atoms with E-state index in [-0.39, 0.29) is 11.3 Å². The number of carbonyl (C=O) groups excluding carboxylic acids is 1. The first kappa shape index (κ1) is 24.7. The minimum absolute atomic E-state index is 0.107. The lowest BCUT2D eigenvalue weighted by atomic mass is 9.89. The van der Waals surface area contributed by atoms with Crippen molar-refractivity contribution in [2.24, 2.45) is 5.92 Å². The number of imidazole rings is 1. The second-order valence-electron chi connectivity index (χ2n) is 9.58. The van der Waals surface area contributed by atoms with Gasteiger partial charge in [-0.15, -0.1) is 0 Å². The van der Waals surface area contributed by atoms with Crippen molar-refractivity contribution in [2.75, 3.05) is 0 Å². The second kappa shape index (κ2) is 11.3. The summed E-state index contributed by atoms with van der Waals surface area (Å²) in [6.07, 6.45) is 9.31. The Hall–Kier alpha value is -3.41. The standard InChI is InChI=1S/C29H34N2O4/c1-2-3-13-26-27(20-32)31(18-21-9-5-4-6-10-21)29(35)30(26)19-22-14-16-23(17-15-22)24-11-7-8-12-25(24)28(33)34/h7-8,11-12,14-17,20-21H,2-6,9-10,13,18-19H2,1H3,(H,33,34). The summed E-state index contributed by atoms with van der Waals surface area (Å²) in [7, 11) is 0. The average molecular weight is 475 g/mol. The predicted molar refractivity (Wildman–Crippen MR) is 137 cm³/mol. The SMILES string of the molecule is CCCCc1c(C=O)n(CC2CCCCC2)c(=O)n1Cc1ccc(-c2ccccc2C(=O)O)cc1. The number of aromatic nitrogens is 2. The maximum Gasteiger partial charge on any atom is 0.336 e. The van der Waals surface area contributed by atoms with Crippen LogP contribution in [-0.4, -0.2) is 26.5 Å². The summed E-state index contributed by atoms with van der Waals surface area (Å²) >= 11 is 0. The Morgan fingerprint density at radius 1 is 1.03 bits per heavy atom. The molecule has 0 unspecified atom stereocenters. The molecule has 0 amide bonds. The van der Waals surface area contributed by atoms with Gasteiger partial charge in [0.15, 0.2) is 6.29 Å². The molecule has 1 saturated carbocycles. The van der Waals surface area contributed by atoms with Gasteiger partial charge in [0, 0.05) is 6.54 Å². The summed E-state index contributed by atoms with van der Waals surface area (Å²) in [5.74, 6) is -0.513. The lowest BCUT2D eigenvalue weighted by molar-refractivity contribution is 0.0697. The molecule has 2 aromatic carbocycles. The van der Waals surface area contributed by atoms with Crippen LogP contribution in [0.1, 0.15) is 84.0 Å². The molecule has 1 aliphatic carbocycles. The third-order valence-corrected chi connectivity index (χ3v) is 7.18. The van der Waals surface area contributed by atoms with Crippen molar-refractivity contribution in [1.82, 2.24) is 9.13 Å². The number of aromatic carboxylic acids is 1. The zero-order valence-electron chi connectivity index (χ0n) is 20.4. The van der Waals surface area contributed by atoms with Crippen molar-refractivity contribution in [2.45, 2.75) is 71.4 Å². The van der Waals surface area contributed by atoms with Gasteiger partial charge in [0.1, 0.15) is 5.69 Å². The zero-order chi connectivity index (χ0) is 24.8. The highest BCUT2D eigenvalue weighted by molar-refractivity contribution is 5.96. The highest BCUT2D eigenvalue weighted by atomic mass is 16.4. The van der Waals surface area contributed by atoms with Crippen LogP contribution in [0, 0.1) is 5.92 Å². The van der Waals surface area contributed by atoms with Gasteiger partial charge in [0.25, 0.3) is 0 Å². The van der Waals surface area contributed by atoms with Crippen LogP contribution >= 0.6 is 0 Å². The fourth-order valence-electron chi connectivity index (χ4n) is 5.26. The van der Waals surface area contributed by atoms with Crippen LogP contribution in [0.3, 0.4) is 0 Å². The van der Waals surface area contributed by atoms with Gasteiger partial charge in [0.05, 0.1) is 17.8 Å². The molecule has 0 aliphatic heterocycles. The van der Waals surface area contributed by atoms with Crippen LogP contribution in [0.5, 0.6) is 0 Å². The lowest BCUT2D eigenvalue weighted by Gasteiger charge is -2.21. The van der Waals surface area contributed by atoms with Crippen LogP contribution in [0.2, 0.25) is 0 Å². The number of aldehydes is 1. The van der Waals surface area contributed by atoms with E-state index in [0.717, 1.165) is 48.8 Å². The summed E-state index contributed by atoms with van der Waals surface area (Å²) < 4.78 is 3.48. The first-order valence-corrected chi connectivity index (χ1v) is 12.7. The minimum Gasteiger partial charge on any atom is -0.478 e. The maximum atomic E-state index is 13.5. The Balaban J connectivity index is 1.65. The summed E-state index contributed by atoms with van der Waals surface area (Å²) in [6.45, 7) is 3.11. The topological polar surface area (TPSA) is 81.3 Å². The third kappa shape index (κ3) is 5.47. The van der Waals surface area contributed by atoms with Gasteiger partial charge in [0.2, 0.25) is 0 Å². The summed E-state index contributed by atoms with van der Waals surface area (Å²) in [5, 5.41) is 9.51. The maximum absolute atomic E-state index is 13.5. The molecule has 184 valence electrons. The van der Waals surface area contributed by atoms with E-state index in [9.17, 15) is 19.5 Å². The van der Waals surface area contributed by atoms with Crippen molar-refractivity contribution in [3.63, 3.8) is 0 Å². The van der Waals surface area contributed by atoms with E-state index >= 15 is 0 Å². The number of carbonyl (C=O) groups is 2. The average Bonchev–Trinajstić information content (AvgIpc) is 3.13. The van der Waals surface area contributed by atoms with Crippen molar-refractivity contribution in [3.05, 3.63) is 81.5 Å². The molecular weight excluding hydrogens is 440 g/mol. The molecule has 0 saturated heterocycles. The molecule has 1 aromatic heterocycles. The van der Waals surface area contributed by atoms with Gasteiger partial charge in [-0.3, -0.25) is 13.9 Å². The van der Waals surface area contributed by atoms with E-state index < -0.39 is 5.97 Å². The third-order valence-electron chi connectivity index (χ3n) is 7.18. The first-order chi connectivity index (χ1) is 17.0. The largest absolute Gasteiger partial charge is 0.478 e. The molecule has 1 fully saturated rings. The van der Waals surface area contributed by atoms with Crippen molar-refractivity contribution in [1.29, 1.82) is 0 Å². The van der Waals surface area contributed by atoms with Gasteiger partial charge in [-0.1, -0.05) is 75.1 Å². The molecule has 6 nitrogen and oxygen atoms in total. The van der Waals surface area contributed by atoms with Gasteiger partial charge >= 0.3 is 11.7 Å². The molecule has 1 N–H and O–H groups in total. The van der Waals surface area contributed by atoms with E-state index in [1.165, 1.54) is 19.3 Å². The van der Waals surface area contributed by atoms with Crippen molar-refractivity contribution >= 4 is 12.3 Å². The van der Waals surface area contributed by atoms with Gasteiger partial charge < -0.3 is 5.11 Å². The molecule has 0 atom stereocenters. The number of nitrogens with zero attached hydrogens (tertiary/aromatic N) is 2. The number of carboxylic acid groups (broad SMARTS) is 1. The summed E-state index contributed by atoms with van der Waals surface area (Å²) in [4.78, 5) is 37.3. The number of unbranched alkanes of at least 4 members (excludes halogenated alkanes) is 1. The Morgan fingerprint density at radius 2 is 1.74 bits per heavy atom. The molecule has 35 heavy (non-hydrogen) atoms. The number of carboxylic acids is 1. The molecule has 0 spiro atoms. The van der Waals surface area contributed by atoms with E-state index in [1.807, 2.05) is 30.3 Å². The number of benzene rings is 2. The Labute approximate surface area is 206 Å². The number of hydrogen-bond acceptors (Lipinski definition) is 3. The minimum atomic E-state index is -0.961. The van der Waals surface area contributed by atoms with E-state index in [0.29, 0.717) is 36.7 Å². The fourth-order valence-corrected chi connectivity index (χ4v) is 5.26. The quantitative estimate of drug-likeness (QED) is 0.377. The van der Waals surface area contributed by atoms with Crippen LogP contribution in [0.25, 0.3) is 11.1 Å². The highest BCUT2D eigenvalue weighted by Gasteiger charge is 2.23. The number of hydrogen-bond donors (Lipinski definition) is 1. The van der Waals surface area contributed by atoms with Gasteiger partial charge in [-0.25, -0.2) is 9.59 Å². The van der Waals surface area contributed by atoms with E-state index in [2.05, 4.69) is 6.92 Å². The van der Waals surface area contributed by atoms with Crippen LogP contribution in [0.15, 0.2) is 53.3 Å². The predicted octanol–water partition coefficient (Wildman–Crippen LogP) is 5.80. The smallest absolute Gasteiger partial charge is 0.336 e. The van der Waals surface area contributed by atoms with Crippen LogP contribution in [0.4, 0.5) is 0 Å². The zero-order valence-corrected chi connectivity index (χ0v) is 20.4. The number of rotatable bonds is 10. The molecule has 4 rings (SSSR count). The monoisotopic (exact) mass is 474 g/mol. The van der Waals surface area contributed by atoms with E-state index in [4.69, 9.17) is 0 Å². The normalized spacial score (nSPS) is 14.2. The summed E-state index contributed by atoms with van der Waals surface area (Å²) in [6, 6.07) is 14.6. The Bertz CT molecular complexity index is 1230. The highest BCUT2D eigenvalue weighted by Crippen LogP contribution is 2.27. The Kier molecular flexibility index (Phi) is 8.01. The van der Waals surface area contributed by atoms with E-state index in [1.54, 1.807) is 27.3 Å². The van der Waals surface area contributed by atoms with Crippen LogP contribution < -0.4 is 5.69 Å². The molecule has 0 bridgehead atoms. The molecule has 0 radical (unpaired) electrons. The summed E-state index contributed by atoms with van der Waals surface area (Å²) in [5.41, 5.74) is 3.92. The Morgan fingerprint density at radius 3 is 2.40 bits per heavy atom. The molecule has 1 heterocycles. The van der Waals surface area contributed by atoms with Crippen LogP contribution in [-0.2, 0) is 19.5 Å². The van der Waals surface area contributed by atoms with Gasteiger partial charge in [-0.05, 0) is 54.4 Å². The first-order valence-electron chi connectivity index (χ1n) is 12.7. The molecule has 6 heteroatoms. The molecular formula is C29H34N2O4. The second-order valence-corrected chi connectivity index (χ2v) is 9.58.